The number of hydrogen-bond donors (Lipinski definition) is 2. The Kier molecular flexibility index (Phi) is 4.08. The van der Waals surface area contributed by atoms with Crippen LogP contribution in [0.1, 0.15) is 23.1 Å². The number of hydrogen-bond acceptors (Lipinski definition) is 5. The fourth-order valence-electron chi connectivity index (χ4n) is 2.71. The summed E-state index contributed by atoms with van der Waals surface area (Å²) in [6.45, 7) is 3.41. The predicted molar refractivity (Wildman–Crippen MR) is 87.6 cm³/mol. The van der Waals surface area contributed by atoms with Gasteiger partial charge in [0.05, 0.1) is 10.7 Å². The average Bonchev–Trinajstić information content (AvgIpc) is 2.79. The van der Waals surface area contributed by atoms with Crippen LogP contribution >= 0.6 is 23.4 Å². The Morgan fingerprint density at radius 3 is 2.62 bits per heavy atom. The topological polar surface area (TPSA) is 105 Å². The maximum Gasteiger partial charge on any atom is 0.352 e. The maximum absolute atomic E-state index is 12.4. The van der Waals surface area contributed by atoms with E-state index in [9.17, 15) is 19.5 Å². The van der Waals surface area contributed by atoms with E-state index in [2.05, 4.69) is 10.4 Å². The maximum atomic E-state index is 12.4. The third-order valence-electron chi connectivity index (χ3n) is 4.12. The summed E-state index contributed by atoms with van der Waals surface area (Å²) in [4.78, 5) is 37.3. The number of fused-ring (bicyclic) bond motifs is 1. The predicted octanol–water partition coefficient (Wildman–Crippen LogP) is 0.754. The van der Waals surface area contributed by atoms with Gasteiger partial charge >= 0.3 is 5.97 Å². The van der Waals surface area contributed by atoms with Crippen LogP contribution in [-0.4, -0.2) is 54.7 Å². The van der Waals surface area contributed by atoms with Crippen LogP contribution in [0.4, 0.5) is 0 Å². The average molecular weight is 371 g/mol. The number of nitrogens with one attached hydrogen (secondary N) is 1. The van der Waals surface area contributed by atoms with Gasteiger partial charge in [0, 0.05) is 12.8 Å². The molecule has 0 aliphatic carbocycles. The highest BCUT2D eigenvalue weighted by atomic mass is 35.5. The lowest BCUT2D eigenvalue weighted by molar-refractivity contribution is -0.148. The van der Waals surface area contributed by atoms with Gasteiger partial charge < -0.3 is 10.4 Å². The van der Waals surface area contributed by atoms with E-state index in [1.54, 1.807) is 20.9 Å². The molecule has 2 aliphatic heterocycles. The van der Waals surface area contributed by atoms with E-state index in [-0.39, 0.29) is 16.4 Å². The molecule has 1 saturated heterocycles. The Labute approximate surface area is 146 Å². The van der Waals surface area contributed by atoms with Gasteiger partial charge in [0.2, 0.25) is 0 Å². The summed E-state index contributed by atoms with van der Waals surface area (Å²) in [6.07, 6.45) is 0. The van der Waals surface area contributed by atoms with Gasteiger partial charge in [-0.2, -0.15) is 5.10 Å². The third-order valence-corrected chi connectivity index (χ3v) is 6.00. The van der Waals surface area contributed by atoms with E-state index in [0.717, 1.165) is 0 Å². The molecule has 0 bridgehead atoms. The third kappa shape index (κ3) is 2.39. The Morgan fingerprint density at radius 2 is 2.08 bits per heavy atom. The van der Waals surface area contributed by atoms with E-state index < -0.39 is 29.2 Å². The van der Waals surface area contributed by atoms with E-state index in [1.807, 2.05) is 0 Å². The molecule has 128 valence electrons. The van der Waals surface area contributed by atoms with Crippen molar-refractivity contribution in [1.29, 1.82) is 0 Å². The smallest absolute Gasteiger partial charge is 0.352 e. The number of carbonyl (C=O) groups is 3. The van der Waals surface area contributed by atoms with Gasteiger partial charge in [-0.25, -0.2) is 4.79 Å². The van der Waals surface area contributed by atoms with Crippen LogP contribution in [0.15, 0.2) is 11.3 Å². The number of amides is 2. The normalized spacial score (nSPS) is 23.0. The Balaban J connectivity index is 1.79. The zero-order valence-electron chi connectivity index (χ0n) is 13.2. The number of β-lactam (4-membered cyclic amide) rings is 1. The number of carbonyl (C=O) groups excluding carboxylic acids is 2. The van der Waals surface area contributed by atoms with Gasteiger partial charge in [-0.15, -0.1) is 11.8 Å². The lowest BCUT2D eigenvalue weighted by atomic mass is 10.0. The number of thioether (sulfide) groups is 1. The van der Waals surface area contributed by atoms with Crippen molar-refractivity contribution in [2.75, 3.05) is 5.75 Å². The van der Waals surface area contributed by atoms with E-state index >= 15 is 0 Å². The van der Waals surface area contributed by atoms with Gasteiger partial charge in [-0.1, -0.05) is 11.6 Å². The zero-order valence-corrected chi connectivity index (χ0v) is 14.7. The van der Waals surface area contributed by atoms with Crippen LogP contribution in [-0.2, 0) is 16.6 Å². The van der Waals surface area contributed by atoms with Crippen molar-refractivity contribution in [1.82, 2.24) is 20.0 Å². The summed E-state index contributed by atoms with van der Waals surface area (Å²) in [5.41, 5.74) is 1.32. The second kappa shape index (κ2) is 5.82. The molecule has 8 nitrogen and oxygen atoms in total. The number of aromatic nitrogens is 2. The molecule has 1 aromatic rings. The Morgan fingerprint density at radius 1 is 1.42 bits per heavy atom. The van der Waals surface area contributed by atoms with Crippen molar-refractivity contribution in [3.8, 4) is 0 Å². The van der Waals surface area contributed by atoms with Gasteiger partial charge in [0.25, 0.3) is 11.8 Å². The Hall–Kier alpha value is -2.00. The highest BCUT2D eigenvalue weighted by Gasteiger charge is 2.53. The Bertz CT molecular complexity index is 803. The summed E-state index contributed by atoms with van der Waals surface area (Å²) in [5.74, 6) is -1.64. The lowest BCUT2D eigenvalue weighted by Crippen LogP contribution is -2.70. The molecule has 1 aromatic heterocycles. The van der Waals surface area contributed by atoms with E-state index in [0.29, 0.717) is 17.0 Å². The highest BCUT2D eigenvalue weighted by Crippen LogP contribution is 2.40. The van der Waals surface area contributed by atoms with Crippen molar-refractivity contribution >= 4 is 41.1 Å². The number of rotatable bonds is 3. The van der Waals surface area contributed by atoms with Crippen molar-refractivity contribution in [2.24, 2.45) is 7.05 Å². The summed E-state index contributed by atoms with van der Waals surface area (Å²) in [7, 11) is 1.66. The monoisotopic (exact) mass is 370 g/mol. The molecule has 0 unspecified atom stereocenters. The molecule has 0 aromatic carbocycles. The van der Waals surface area contributed by atoms with Gasteiger partial charge in [-0.3, -0.25) is 19.2 Å². The number of carboxylic acid groups (broad SMARTS) is 1. The molecule has 2 aliphatic rings. The number of nitrogens with zero attached hydrogens (tertiary/aromatic N) is 3. The largest absolute Gasteiger partial charge is 0.477 e. The minimum atomic E-state index is -1.14. The lowest BCUT2D eigenvalue weighted by Gasteiger charge is -2.49. The zero-order chi connectivity index (χ0) is 17.8. The van der Waals surface area contributed by atoms with Gasteiger partial charge in [0.15, 0.2) is 5.69 Å². The molecule has 0 spiro atoms. The quantitative estimate of drug-likeness (QED) is 0.761. The fraction of sp³-hybridized carbons (Fsp3) is 0.429. The molecule has 3 rings (SSSR count). The number of carboxylic acids is 1. The molecule has 10 heteroatoms. The summed E-state index contributed by atoms with van der Waals surface area (Å²) >= 11 is 7.50. The highest BCUT2D eigenvalue weighted by molar-refractivity contribution is 8.00. The first-order valence-electron chi connectivity index (χ1n) is 7.11. The van der Waals surface area contributed by atoms with Gasteiger partial charge in [0.1, 0.15) is 17.1 Å². The SMILES string of the molecule is CC1=C(C(=O)O)N2C(=O)[C@H](NC(=O)c3nn(C)c(C)c3Cl)[C@H]2SC1. The minimum absolute atomic E-state index is 0.000891. The van der Waals surface area contributed by atoms with E-state index in [1.165, 1.54) is 21.3 Å². The fourth-order valence-corrected chi connectivity index (χ4v) is 4.25. The van der Waals surface area contributed by atoms with Crippen LogP contribution in [0.25, 0.3) is 0 Å². The molecule has 1 fully saturated rings. The van der Waals surface area contributed by atoms with E-state index in [4.69, 9.17) is 11.6 Å². The second-order valence-electron chi connectivity index (χ2n) is 5.67. The molecular weight excluding hydrogens is 356 g/mol. The number of halogens is 1. The van der Waals surface area contributed by atoms with Crippen molar-refractivity contribution in [3.63, 3.8) is 0 Å². The number of aryl methyl sites for hydroxylation is 1. The molecule has 2 amide bonds. The summed E-state index contributed by atoms with van der Waals surface area (Å²) in [6, 6.07) is -0.789. The molecule has 2 atom stereocenters. The van der Waals surface area contributed by atoms with Crippen LogP contribution in [0.5, 0.6) is 0 Å². The standard InChI is InChI=1S/C14H15ClN4O4S/c1-5-4-24-13-9(12(21)19(13)10(5)14(22)23)16-11(20)8-7(15)6(2)18(3)17-8/h9,13H,4H2,1-3H3,(H,16,20)(H,22,23)/t9-,13+/m0/s1. The van der Waals surface area contributed by atoms with Crippen LogP contribution < -0.4 is 5.32 Å². The molecule has 3 heterocycles. The summed E-state index contributed by atoms with van der Waals surface area (Å²) < 4.78 is 1.48. The first kappa shape index (κ1) is 16.8. The first-order valence-corrected chi connectivity index (χ1v) is 8.54. The molecule has 0 saturated carbocycles. The van der Waals surface area contributed by atoms with Crippen molar-refractivity contribution in [3.05, 3.63) is 27.7 Å². The second-order valence-corrected chi connectivity index (χ2v) is 7.15. The van der Waals surface area contributed by atoms with Crippen molar-refractivity contribution in [2.45, 2.75) is 25.3 Å². The van der Waals surface area contributed by atoms with Gasteiger partial charge in [-0.05, 0) is 19.4 Å². The van der Waals surface area contributed by atoms with Crippen molar-refractivity contribution < 1.29 is 19.5 Å². The minimum Gasteiger partial charge on any atom is -0.477 e. The van der Waals surface area contributed by atoms with Crippen LogP contribution in [0.3, 0.4) is 0 Å². The van der Waals surface area contributed by atoms with Crippen LogP contribution in [0, 0.1) is 6.92 Å². The molecule has 24 heavy (non-hydrogen) atoms. The van der Waals surface area contributed by atoms with Crippen LogP contribution in [0.2, 0.25) is 5.02 Å². The molecule has 0 radical (unpaired) electrons. The number of aliphatic carboxylic acids is 1. The summed E-state index contributed by atoms with van der Waals surface area (Å²) in [5, 5.41) is 15.7. The first-order chi connectivity index (χ1) is 11.2. The molecule has 2 N–H and O–H groups in total. The molecular formula is C14H15ClN4O4S.